The lowest BCUT2D eigenvalue weighted by molar-refractivity contribution is -0.144. The number of carboxylic acids is 1. The Kier molecular flexibility index (Phi) is 8.38. The number of aliphatic carboxylic acids is 1. The number of carbonyl (C=O) groups excluding carboxylic acids is 1. The molecule has 200 valence electrons. The molecule has 2 aromatic carbocycles. The molecule has 0 radical (unpaired) electrons. The Labute approximate surface area is 225 Å². The summed E-state index contributed by atoms with van der Waals surface area (Å²) in [5.41, 5.74) is 1.04. The molecule has 2 aliphatic heterocycles. The van der Waals surface area contributed by atoms with E-state index in [9.17, 15) is 14.7 Å². The fourth-order valence-electron chi connectivity index (χ4n) is 4.66. The summed E-state index contributed by atoms with van der Waals surface area (Å²) in [5.74, 6) is -0.521. The molecule has 2 aromatic rings. The van der Waals surface area contributed by atoms with E-state index in [0.717, 1.165) is 43.7 Å². The zero-order chi connectivity index (χ0) is 26.7. The molecule has 1 spiro atoms. The van der Waals surface area contributed by atoms with Crippen molar-refractivity contribution in [2.75, 3.05) is 33.3 Å². The summed E-state index contributed by atoms with van der Waals surface area (Å²) in [5, 5.41) is 23.1. The minimum atomic E-state index is -1.16. The van der Waals surface area contributed by atoms with Crippen LogP contribution in [-0.2, 0) is 11.2 Å². The number of likely N-dealkylation sites (tertiary alicyclic amines) is 1. The first-order chi connectivity index (χ1) is 17.6. The molecular formula is C26H30Cl2N2O7. The Bertz CT molecular complexity index is 1170. The van der Waals surface area contributed by atoms with Crippen LogP contribution in [0.2, 0.25) is 10.0 Å². The molecule has 0 saturated carbocycles. The number of fused-ring (bicyclic) bond motifs is 1. The number of β-amino-alcohol motifs (C(OH)–C–C–N with tert-alkyl or cyclic N) is 1. The predicted octanol–water partition coefficient (Wildman–Crippen LogP) is 3.41. The highest BCUT2D eigenvalue weighted by Crippen LogP contribution is 2.42. The van der Waals surface area contributed by atoms with Crippen LogP contribution in [0.4, 0.5) is 0 Å². The lowest BCUT2D eigenvalue weighted by Gasteiger charge is -2.39. The first-order valence-corrected chi connectivity index (χ1v) is 12.8. The van der Waals surface area contributed by atoms with Gasteiger partial charge in [-0.3, -0.25) is 4.79 Å². The maximum Gasteiger partial charge on any atom is 0.344 e. The topological polar surface area (TPSA) is 118 Å². The SMILES string of the molecule is CNC(=O)c1cc(Cl)c(OC(C)C(=O)O)cc1OC[C@@H](O)CN1CCC2(CC1)Cc1cc(Cl)ccc1O2. The van der Waals surface area contributed by atoms with Crippen molar-refractivity contribution in [3.05, 3.63) is 51.5 Å². The Hall–Kier alpha value is -2.72. The van der Waals surface area contributed by atoms with Crippen LogP contribution in [-0.4, -0.2) is 78.1 Å². The normalized spacial score (nSPS) is 18.0. The number of rotatable bonds is 9. The maximum absolute atomic E-state index is 12.3. The number of carbonyl (C=O) groups is 2. The number of piperidine rings is 1. The molecule has 3 N–H and O–H groups in total. The van der Waals surface area contributed by atoms with E-state index in [2.05, 4.69) is 10.2 Å². The van der Waals surface area contributed by atoms with E-state index in [1.807, 2.05) is 18.2 Å². The van der Waals surface area contributed by atoms with Gasteiger partial charge < -0.3 is 34.6 Å². The number of ether oxygens (including phenoxy) is 3. The number of halogens is 2. The van der Waals surface area contributed by atoms with Gasteiger partial charge in [-0.1, -0.05) is 23.2 Å². The van der Waals surface area contributed by atoms with E-state index in [-0.39, 0.29) is 34.3 Å². The van der Waals surface area contributed by atoms with Crippen LogP contribution in [0.25, 0.3) is 0 Å². The number of amides is 1. The van der Waals surface area contributed by atoms with Crippen LogP contribution in [0.5, 0.6) is 17.2 Å². The average molecular weight is 553 g/mol. The van der Waals surface area contributed by atoms with Gasteiger partial charge in [0.2, 0.25) is 0 Å². The largest absolute Gasteiger partial charge is 0.490 e. The molecule has 1 amide bonds. The first kappa shape index (κ1) is 27.3. The number of nitrogens with one attached hydrogen (secondary N) is 1. The summed E-state index contributed by atoms with van der Waals surface area (Å²) < 4.78 is 17.5. The Morgan fingerprint density at radius 2 is 1.92 bits per heavy atom. The van der Waals surface area contributed by atoms with E-state index in [0.29, 0.717) is 11.6 Å². The summed E-state index contributed by atoms with van der Waals surface area (Å²) in [6.07, 6.45) is 0.496. The van der Waals surface area contributed by atoms with Gasteiger partial charge in [0.1, 0.15) is 35.6 Å². The first-order valence-electron chi connectivity index (χ1n) is 12.0. The molecule has 2 heterocycles. The second-order valence-corrected chi connectivity index (χ2v) is 10.3. The quantitative estimate of drug-likeness (QED) is 0.433. The van der Waals surface area contributed by atoms with Crippen molar-refractivity contribution in [3.8, 4) is 17.2 Å². The van der Waals surface area contributed by atoms with Crippen molar-refractivity contribution < 1.29 is 34.0 Å². The monoisotopic (exact) mass is 552 g/mol. The molecule has 9 nitrogen and oxygen atoms in total. The average Bonchev–Trinajstić information content (AvgIpc) is 3.21. The molecule has 2 atom stereocenters. The zero-order valence-corrected chi connectivity index (χ0v) is 22.1. The molecule has 2 aliphatic rings. The maximum atomic E-state index is 12.3. The molecule has 0 aliphatic carbocycles. The molecule has 1 saturated heterocycles. The molecule has 11 heteroatoms. The van der Waals surface area contributed by atoms with Crippen molar-refractivity contribution in [2.24, 2.45) is 0 Å². The molecule has 1 fully saturated rings. The second-order valence-electron chi connectivity index (χ2n) is 9.44. The van der Waals surface area contributed by atoms with Crippen LogP contribution in [0, 0.1) is 0 Å². The van der Waals surface area contributed by atoms with Crippen LogP contribution in [0.1, 0.15) is 35.7 Å². The number of benzene rings is 2. The number of carboxylic acid groups (broad SMARTS) is 1. The zero-order valence-electron chi connectivity index (χ0n) is 20.6. The van der Waals surface area contributed by atoms with E-state index < -0.39 is 24.1 Å². The van der Waals surface area contributed by atoms with Gasteiger partial charge in [0, 0.05) is 57.0 Å². The van der Waals surface area contributed by atoms with Gasteiger partial charge in [0.25, 0.3) is 5.91 Å². The highest BCUT2D eigenvalue weighted by Gasteiger charge is 2.42. The number of hydrogen-bond acceptors (Lipinski definition) is 7. The van der Waals surface area contributed by atoms with Gasteiger partial charge in [-0.15, -0.1) is 0 Å². The predicted molar refractivity (Wildman–Crippen MR) is 138 cm³/mol. The van der Waals surface area contributed by atoms with Crippen molar-refractivity contribution in [2.45, 2.75) is 44.0 Å². The third-order valence-electron chi connectivity index (χ3n) is 6.69. The number of aliphatic hydroxyl groups is 1. The number of nitrogens with zero attached hydrogens (tertiary/aromatic N) is 1. The van der Waals surface area contributed by atoms with Crippen LogP contribution in [0.15, 0.2) is 30.3 Å². The molecule has 1 unspecified atom stereocenters. The van der Waals surface area contributed by atoms with Crippen LogP contribution in [0.3, 0.4) is 0 Å². The Morgan fingerprint density at radius 1 is 1.19 bits per heavy atom. The molecular weight excluding hydrogens is 523 g/mol. The summed E-state index contributed by atoms with van der Waals surface area (Å²) >= 11 is 12.3. The van der Waals surface area contributed by atoms with Gasteiger partial charge in [0.05, 0.1) is 10.6 Å². The fourth-order valence-corrected chi connectivity index (χ4v) is 5.06. The van der Waals surface area contributed by atoms with Crippen molar-refractivity contribution in [3.63, 3.8) is 0 Å². The molecule has 4 rings (SSSR count). The number of aliphatic hydroxyl groups excluding tert-OH is 1. The van der Waals surface area contributed by atoms with Crippen LogP contribution >= 0.6 is 23.2 Å². The minimum absolute atomic E-state index is 0.0638. The second kappa shape index (κ2) is 11.3. The van der Waals surface area contributed by atoms with Crippen molar-refractivity contribution in [1.82, 2.24) is 10.2 Å². The third kappa shape index (κ3) is 6.41. The minimum Gasteiger partial charge on any atom is -0.490 e. The van der Waals surface area contributed by atoms with E-state index in [1.54, 1.807) is 0 Å². The standard InChI is InChI=1S/C26H30Cl2N2O7/c1-15(25(33)34)36-23-11-22(19(10-20(23)28)24(32)29-2)35-14-18(31)13-30-7-5-26(6-8-30)12-16-9-17(27)3-4-21(16)37-26/h3-4,9-11,15,18,31H,5-8,12-14H2,1-2H3,(H,29,32)(H,33,34)/t15?,18-/m0/s1. The summed E-state index contributed by atoms with van der Waals surface area (Å²) in [6.45, 7) is 3.18. The highest BCUT2D eigenvalue weighted by atomic mass is 35.5. The van der Waals surface area contributed by atoms with E-state index in [4.69, 9.17) is 42.5 Å². The summed E-state index contributed by atoms with van der Waals surface area (Å²) in [4.78, 5) is 25.7. The van der Waals surface area contributed by atoms with Gasteiger partial charge >= 0.3 is 5.97 Å². The Morgan fingerprint density at radius 3 is 2.59 bits per heavy atom. The number of hydrogen-bond donors (Lipinski definition) is 3. The van der Waals surface area contributed by atoms with Crippen molar-refractivity contribution >= 4 is 35.1 Å². The smallest absolute Gasteiger partial charge is 0.344 e. The van der Waals surface area contributed by atoms with Gasteiger partial charge in [-0.25, -0.2) is 4.79 Å². The third-order valence-corrected chi connectivity index (χ3v) is 7.22. The van der Waals surface area contributed by atoms with Gasteiger partial charge in [0.15, 0.2) is 6.10 Å². The summed E-state index contributed by atoms with van der Waals surface area (Å²) in [7, 11) is 1.47. The van der Waals surface area contributed by atoms with E-state index >= 15 is 0 Å². The fraction of sp³-hybridized carbons (Fsp3) is 0.462. The van der Waals surface area contributed by atoms with Crippen molar-refractivity contribution in [1.29, 1.82) is 0 Å². The highest BCUT2D eigenvalue weighted by molar-refractivity contribution is 6.32. The van der Waals surface area contributed by atoms with E-state index in [1.165, 1.54) is 26.1 Å². The lowest BCUT2D eigenvalue weighted by Crippen LogP contribution is -2.49. The molecule has 0 aromatic heterocycles. The Balaban J connectivity index is 1.34. The lowest BCUT2D eigenvalue weighted by atomic mass is 9.87. The van der Waals surface area contributed by atoms with Gasteiger partial charge in [-0.2, -0.15) is 0 Å². The van der Waals surface area contributed by atoms with Crippen LogP contribution < -0.4 is 19.5 Å². The van der Waals surface area contributed by atoms with Gasteiger partial charge in [-0.05, 0) is 36.8 Å². The summed E-state index contributed by atoms with van der Waals surface area (Å²) in [6, 6.07) is 8.43. The molecule has 0 bridgehead atoms. The molecule has 37 heavy (non-hydrogen) atoms.